The maximum atomic E-state index is 12.7. The van der Waals surface area contributed by atoms with Crippen LogP contribution in [-0.2, 0) is 4.79 Å². The quantitative estimate of drug-likeness (QED) is 0.314. The van der Waals surface area contributed by atoms with Gasteiger partial charge in [-0.1, -0.05) is 42.5 Å². The molecule has 0 fully saturated rings. The summed E-state index contributed by atoms with van der Waals surface area (Å²) in [6, 6.07) is 15.1. The van der Waals surface area contributed by atoms with Crippen molar-refractivity contribution >= 4 is 28.6 Å². The van der Waals surface area contributed by atoms with Crippen molar-refractivity contribution in [3.05, 3.63) is 87.3 Å². The summed E-state index contributed by atoms with van der Waals surface area (Å²) in [4.78, 5) is 36.8. The largest absolute Gasteiger partial charge is 0.460 e. The van der Waals surface area contributed by atoms with E-state index in [9.17, 15) is 14.4 Å². The molecule has 0 aliphatic carbocycles. The number of allylic oxidation sites excluding steroid dienone is 1. The summed E-state index contributed by atoms with van der Waals surface area (Å²) in [6.07, 6.45) is 1.49. The van der Waals surface area contributed by atoms with E-state index in [4.69, 9.17) is 4.42 Å². The van der Waals surface area contributed by atoms with Gasteiger partial charge in [-0.25, -0.2) is 0 Å². The minimum atomic E-state index is -0.361. The number of fused-ring (bicyclic) bond motifs is 1. The molecule has 0 saturated heterocycles. The zero-order valence-electron chi connectivity index (χ0n) is 13.9. The van der Waals surface area contributed by atoms with Crippen LogP contribution < -0.4 is 5.43 Å². The average Bonchev–Trinajstić information content (AvgIpc) is 2.60. The van der Waals surface area contributed by atoms with E-state index in [2.05, 4.69) is 0 Å². The maximum absolute atomic E-state index is 12.7. The number of carbonyl (C=O) groups excluding carboxylic acids is 2. The van der Waals surface area contributed by atoms with Crippen LogP contribution in [0, 0.1) is 6.92 Å². The number of hydrogen-bond acceptors (Lipinski definition) is 4. The van der Waals surface area contributed by atoms with Crippen molar-refractivity contribution in [1.29, 1.82) is 0 Å². The number of aryl methyl sites for hydroxylation is 1. The first-order valence-electron chi connectivity index (χ1n) is 7.83. The summed E-state index contributed by atoms with van der Waals surface area (Å²) in [6.45, 7) is 3.03. The lowest BCUT2D eigenvalue weighted by Gasteiger charge is -2.06. The number of hydrogen-bond donors (Lipinski definition) is 0. The summed E-state index contributed by atoms with van der Waals surface area (Å²) in [5.41, 5.74) is 1.21. The molecule has 2 aromatic carbocycles. The Morgan fingerprint density at radius 2 is 1.72 bits per heavy atom. The highest BCUT2D eigenvalue weighted by atomic mass is 16.3. The fourth-order valence-electron chi connectivity index (χ4n) is 2.66. The number of rotatable bonds is 4. The molecular weight excluding hydrogens is 316 g/mol. The highest BCUT2D eigenvalue weighted by Crippen LogP contribution is 2.22. The Morgan fingerprint density at radius 3 is 2.40 bits per heavy atom. The van der Waals surface area contributed by atoms with E-state index in [0.717, 1.165) is 0 Å². The van der Waals surface area contributed by atoms with E-state index in [-0.39, 0.29) is 22.6 Å². The van der Waals surface area contributed by atoms with Crippen LogP contribution in [0.3, 0.4) is 0 Å². The van der Waals surface area contributed by atoms with Crippen molar-refractivity contribution in [3.8, 4) is 0 Å². The topological polar surface area (TPSA) is 64.3 Å². The van der Waals surface area contributed by atoms with Gasteiger partial charge < -0.3 is 4.42 Å². The molecule has 0 saturated carbocycles. The lowest BCUT2D eigenvalue weighted by atomic mass is 9.97. The molecule has 25 heavy (non-hydrogen) atoms. The highest BCUT2D eigenvalue weighted by Gasteiger charge is 2.17. The maximum Gasteiger partial charge on any atom is 0.196 e. The van der Waals surface area contributed by atoms with Crippen molar-refractivity contribution in [1.82, 2.24) is 0 Å². The fraction of sp³-hybridized carbons (Fsp3) is 0.0952. The van der Waals surface area contributed by atoms with Crippen molar-refractivity contribution in [3.63, 3.8) is 0 Å². The van der Waals surface area contributed by atoms with E-state index in [1.807, 2.05) is 0 Å². The standard InChI is InChI=1S/C21H16O4/c1-13-11-19(23)17-10-6-9-16(21(17)25-13)12-18(14(2)22)20(24)15-7-4-3-5-8-15/h3-12H,1-2H3. The zero-order valence-corrected chi connectivity index (χ0v) is 13.9. The van der Waals surface area contributed by atoms with E-state index >= 15 is 0 Å². The smallest absolute Gasteiger partial charge is 0.196 e. The molecule has 1 heterocycles. The number of ketones is 2. The third-order valence-electron chi connectivity index (χ3n) is 3.87. The number of Topliss-reactive ketones (excluding diaryl/α,β-unsaturated/α-hetero) is 2. The molecule has 0 amide bonds. The van der Waals surface area contributed by atoms with Crippen molar-refractivity contribution in [2.75, 3.05) is 0 Å². The summed E-state index contributed by atoms with van der Waals surface area (Å²) in [7, 11) is 0. The van der Waals surface area contributed by atoms with E-state index < -0.39 is 0 Å². The van der Waals surface area contributed by atoms with E-state index in [1.165, 1.54) is 19.1 Å². The number of carbonyl (C=O) groups is 2. The highest BCUT2D eigenvalue weighted by molar-refractivity contribution is 6.28. The van der Waals surface area contributed by atoms with Crippen LogP contribution in [0.2, 0.25) is 0 Å². The fourth-order valence-corrected chi connectivity index (χ4v) is 2.66. The van der Waals surface area contributed by atoms with Gasteiger partial charge in [-0.05, 0) is 26.0 Å². The van der Waals surface area contributed by atoms with Gasteiger partial charge in [0.2, 0.25) is 0 Å². The molecule has 0 atom stereocenters. The summed E-state index contributed by atoms with van der Waals surface area (Å²) in [5, 5.41) is 0.411. The molecule has 0 unspecified atom stereocenters. The molecule has 0 aliphatic heterocycles. The second-order valence-corrected chi connectivity index (χ2v) is 5.75. The molecule has 0 bridgehead atoms. The molecule has 0 spiro atoms. The number of para-hydroxylation sites is 1. The van der Waals surface area contributed by atoms with E-state index in [0.29, 0.717) is 27.9 Å². The Balaban J connectivity index is 2.20. The third-order valence-corrected chi connectivity index (χ3v) is 3.87. The first-order chi connectivity index (χ1) is 12.0. The molecule has 0 radical (unpaired) electrons. The molecule has 4 nitrogen and oxygen atoms in total. The Morgan fingerprint density at radius 1 is 1.00 bits per heavy atom. The summed E-state index contributed by atoms with van der Waals surface area (Å²) in [5.74, 6) is -0.238. The molecule has 124 valence electrons. The molecule has 0 N–H and O–H groups in total. The molecule has 0 aliphatic rings. The van der Waals surface area contributed by atoms with Crippen LogP contribution in [0.1, 0.15) is 28.6 Å². The minimum absolute atomic E-state index is 0.0443. The van der Waals surface area contributed by atoms with Crippen LogP contribution >= 0.6 is 0 Å². The van der Waals surface area contributed by atoms with Crippen LogP contribution in [0.4, 0.5) is 0 Å². The average molecular weight is 332 g/mol. The molecule has 3 rings (SSSR count). The zero-order chi connectivity index (χ0) is 18.0. The van der Waals surface area contributed by atoms with Gasteiger partial charge in [0.1, 0.15) is 11.3 Å². The Bertz CT molecular complexity index is 1060. The van der Waals surface area contributed by atoms with Crippen LogP contribution in [0.15, 0.2) is 69.4 Å². The van der Waals surface area contributed by atoms with Crippen molar-refractivity contribution < 1.29 is 14.0 Å². The van der Waals surface area contributed by atoms with Crippen molar-refractivity contribution in [2.24, 2.45) is 0 Å². The molecule has 4 heteroatoms. The van der Waals surface area contributed by atoms with Crippen LogP contribution in [0.25, 0.3) is 17.0 Å². The Labute approximate surface area is 144 Å². The predicted octanol–water partition coefficient (Wildman–Crippen LogP) is 3.96. The molecule has 1 aromatic heterocycles. The lowest BCUT2D eigenvalue weighted by Crippen LogP contribution is -2.10. The van der Waals surface area contributed by atoms with Crippen LogP contribution in [-0.4, -0.2) is 11.6 Å². The summed E-state index contributed by atoms with van der Waals surface area (Å²) >= 11 is 0. The minimum Gasteiger partial charge on any atom is -0.460 e. The Kier molecular flexibility index (Phi) is 4.44. The van der Waals surface area contributed by atoms with Gasteiger partial charge in [0.05, 0.1) is 11.0 Å². The van der Waals surface area contributed by atoms with Gasteiger partial charge in [-0.3, -0.25) is 14.4 Å². The van der Waals surface area contributed by atoms with Crippen molar-refractivity contribution in [2.45, 2.75) is 13.8 Å². The molecule has 3 aromatic rings. The Hall–Kier alpha value is -3.27. The summed E-state index contributed by atoms with van der Waals surface area (Å²) < 4.78 is 5.67. The second kappa shape index (κ2) is 6.69. The monoisotopic (exact) mass is 332 g/mol. The van der Waals surface area contributed by atoms with Gasteiger partial charge in [-0.2, -0.15) is 0 Å². The van der Waals surface area contributed by atoms with Gasteiger partial charge in [-0.15, -0.1) is 0 Å². The van der Waals surface area contributed by atoms with Gasteiger partial charge >= 0.3 is 0 Å². The second-order valence-electron chi connectivity index (χ2n) is 5.75. The van der Waals surface area contributed by atoms with E-state index in [1.54, 1.807) is 55.5 Å². The lowest BCUT2D eigenvalue weighted by molar-refractivity contribution is -0.113. The first kappa shape index (κ1) is 16.6. The van der Waals surface area contributed by atoms with Crippen LogP contribution in [0.5, 0.6) is 0 Å². The number of benzene rings is 2. The third kappa shape index (κ3) is 3.33. The molecular formula is C21H16O4. The van der Waals surface area contributed by atoms with Gasteiger partial charge in [0.25, 0.3) is 0 Å². The SMILES string of the molecule is CC(=O)C(=Cc1cccc2c(=O)cc(C)oc12)C(=O)c1ccccc1. The van der Waals surface area contributed by atoms with Gasteiger partial charge in [0.15, 0.2) is 17.0 Å². The normalized spacial score (nSPS) is 11.5. The predicted molar refractivity (Wildman–Crippen MR) is 96.7 cm³/mol. The first-order valence-corrected chi connectivity index (χ1v) is 7.83. The van der Waals surface area contributed by atoms with Gasteiger partial charge in [0, 0.05) is 17.2 Å².